The van der Waals surface area contributed by atoms with Gasteiger partial charge >= 0.3 is 0 Å². The molecule has 5 nitrogen and oxygen atoms in total. The van der Waals surface area contributed by atoms with Gasteiger partial charge in [0.05, 0.1) is 0 Å². The Bertz CT molecular complexity index is 796. The van der Waals surface area contributed by atoms with E-state index in [-0.39, 0.29) is 6.61 Å². The molecule has 0 aliphatic rings. The molecule has 0 aliphatic heterocycles. The Kier molecular flexibility index (Phi) is 3.78. The minimum atomic E-state index is 0.289. The SMILES string of the molecule is Cc1ccccc1-c1nc(COc2cccnc2N)c(C)o1. The van der Waals surface area contributed by atoms with Crippen LogP contribution in [0.3, 0.4) is 0 Å². The molecule has 2 aromatic heterocycles. The number of aryl methyl sites for hydroxylation is 2. The van der Waals surface area contributed by atoms with Crippen molar-refractivity contribution in [1.82, 2.24) is 9.97 Å². The summed E-state index contributed by atoms with van der Waals surface area (Å²) in [4.78, 5) is 8.52. The number of anilines is 1. The van der Waals surface area contributed by atoms with E-state index in [1.54, 1.807) is 18.3 Å². The summed E-state index contributed by atoms with van der Waals surface area (Å²) in [5, 5.41) is 0. The minimum Gasteiger partial charge on any atom is -0.483 e. The summed E-state index contributed by atoms with van der Waals surface area (Å²) < 4.78 is 11.4. The first-order valence-electron chi connectivity index (χ1n) is 7.00. The van der Waals surface area contributed by atoms with E-state index in [1.807, 2.05) is 38.1 Å². The minimum absolute atomic E-state index is 0.289. The Morgan fingerprint density at radius 2 is 1.95 bits per heavy atom. The molecule has 3 aromatic rings. The third kappa shape index (κ3) is 2.79. The van der Waals surface area contributed by atoms with Gasteiger partial charge in [-0.2, -0.15) is 0 Å². The molecule has 0 bridgehead atoms. The van der Waals surface area contributed by atoms with Crippen molar-refractivity contribution in [2.24, 2.45) is 0 Å². The van der Waals surface area contributed by atoms with Gasteiger partial charge in [0.25, 0.3) is 0 Å². The molecule has 0 saturated heterocycles. The van der Waals surface area contributed by atoms with Gasteiger partial charge in [0.2, 0.25) is 5.89 Å². The topological polar surface area (TPSA) is 74.2 Å². The lowest BCUT2D eigenvalue weighted by atomic mass is 10.1. The highest BCUT2D eigenvalue weighted by Gasteiger charge is 2.14. The summed E-state index contributed by atoms with van der Waals surface area (Å²) in [6.45, 7) is 4.19. The predicted octanol–water partition coefficient (Wildman–Crippen LogP) is 3.51. The number of oxazole rings is 1. The van der Waals surface area contributed by atoms with Gasteiger partial charge in [-0.05, 0) is 37.6 Å². The van der Waals surface area contributed by atoms with Crippen molar-refractivity contribution in [3.63, 3.8) is 0 Å². The second kappa shape index (κ2) is 5.89. The number of nitrogen functional groups attached to an aromatic ring is 1. The molecule has 0 aliphatic carbocycles. The zero-order chi connectivity index (χ0) is 15.5. The van der Waals surface area contributed by atoms with Crippen molar-refractivity contribution in [3.8, 4) is 17.2 Å². The summed E-state index contributed by atoms with van der Waals surface area (Å²) in [7, 11) is 0. The average molecular weight is 295 g/mol. The molecule has 1 aromatic carbocycles. The lowest BCUT2D eigenvalue weighted by molar-refractivity contribution is 0.300. The predicted molar refractivity (Wildman–Crippen MR) is 84.4 cm³/mol. The maximum absolute atomic E-state index is 5.76. The zero-order valence-electron chi connectivity index (χ0n) is 12.5. The average Bonchev–Trinajstić information content (AvgIpc) is 2.88. The fourth-order valence-corrected chi connectivity index (χ4v) is 2.16. The molecular weight excluding hydrogens is 278 g/mol. The van der Waals surface area contributed by atoms with E-state index in [1.165, 1.54) is 0 Å². The molecule has 0 fully saturated rings. The normalized spacial score (nSPS) is 10.6. The van der Waals surface area contributed by atoms with Gasteiger partial charge in [0.15, 0.2) is 11.6 Å². The van der Waals surface area contributed by atoms with Crippen molar-refractivity contribution < 1.29 is 9.15 Å². The molecule has 0 radical (unpaired) electrons. The number of pyridine rings is 1. The van der Waals surface area contributed by atoms with E-state index < -0.39 is 0 Å². The highest BCUT2D eigenvalue weighted by molar-refractivity contribution is 5.58. The summed E-state index contributed by atoms with van der Waals surface area (Å²) in [5.41, 5.74) is 8.61. The lowest BCUT2D eigenvalue weighted by Crippen LogP contribution is -2.01. The fourth-order valence-electron chi connectivity index (χ4n) is 2.16. The van der Waals surface area contributed by atoms with Gasteiger partial charge in [0.1, 0.15) is 18.1 Å². The van der Waals surface area contributed by atoms with Gasteiger partial charge in [-0.1, -0.05) is 18.2 Å². The van der Waals surface area contributed by atoms with Crippen LogP contribution in [0.5, 0.6) is 5.75 Å². The number of hydrogen-bond acceptors (Lipinski definition) is 5. The summed E-state index contributed by atoms with van der Waals surface area (Å²) in [6, 6.07) is 11.5. The third-order valence-electron chi connectivity index (χ3n) is 3.43. The molecule has 0 saturated carbocycles. The van der Waals surface area contributed by atoms with Crippen molar-refractivity contribution >= 4 is 5.82 Å². The Labute approximate surface area is 128 Å². The van der Waals surface area contributed by atoms with Crippen molar-refractivity contribution in [2.45, 2.75) is 20.5 Å². The number of hydrogen-bond donors (Lipinski definition) is 1. The van der Waals surface area contributed by atoms with Gasteiger partial charge < -0.3 is 14.9 Å². The first-order valence-corrected chi connectivity index (χ1v) is 7.00. The first-order chi connectivity index (χ1) is 10.6. The highest BCUT2D eigenvalue weighted by atomic mass is 16.5. The number of benzene rings is 1. The third-order valence-corrected chi connectivity index (χ3v) is 3.43. The highest BCUT2D eigenvalue weighted by Crippen LogP contribution is 2.26. The number of nitrogens with two attached hydrogens (primary N) is 1. The number of nitrogens with zero attached hydrogens (tertiary/aromatic N) is 2. The Morgan fingerprint density at radius 3 is 2.73 bits per heavy atom. The molecule has 0 atom stereocenters. The van der Waals surface area contributed by atoms with Crippen molar-refractivity contribution in [1.29, 1.82) is 0 Å². The smallest absolute Gasteiger partial charge is 0.226 e. The fraction of sp³-hybridized carbons (Fsp3) is 0.176. The summed E-state index contributed by atoms with van der Waals surface area (Å²) in [5.74, 6) is 2.25. The van der Waals surface area contributed by atoms with Gasteiger partial charge in [-0.25, -0.2) is 9.97 Å². The van der Waals surface area contributed by atoms with Crippen LogP contribution in [0.1, 0.15) is 17.0 Å². The van der Waals surface area contributed by atoms with Crippen molar-refractivity contribution in [2.75, 3.05) is 5.73 Å². The van der Waals surface area contributed by atoms with E-state index in [4.69, 9.17) is 14.9 Å². The standard InChI is InChI=1S/C17H17N3O2/c1-11-6-3-4-7-13(11)17-20-14(12(2)22-17)10-21-15-8-5-9-19-16(15)18/h3-9H,10H2,1-2H3,(H2,18,19). The van der Waals surface area contributed by atoms with E-state index >= 15 is 0 Å². The Morgan fingerprint density at radius 1 is 1.14 bits per heavy atom. The van der Waals surface area contributed by atoms with E-state index in [9.17, 15) is 0 Å². The van der Waals surface area contributed by atoms with Gasteiger partial charge in [0, 0.05) is 11.8 Å². The van der Waals surface area contributed by atoms with Crippen LogP contribution in [0.15, 0.2) is 47.0 Å². The molecule has 0 unspecified atom stereocenters. The molecule has 2 heterocycles. The molecular formula is C17H17N3O2. The van der Waals surface area contributed by atoms with Crippen molar-refractivity contribution in [3.05, 3.63) is 59.6 Å². The zero-order valence-corrected chi connectivity index (χ0v) is 12.5. The van der Waals surface area contributed by atoms with Crippen LogP contribution in [-0.2, 0) is 6.61 Å². The van der Waals surface area contributed by atoms with E-state index in [2.05, 4.69) is 9.97 Å². The second-order valence-electron chi connectivity index (χ2n) is 5.01. The van der Waals surface area contributed by atoms with Crippen LogP contribution >= 0.6 is 0 Å². The molecule has 3 rings (SSSR count). The second-order valence-corrected chi connectivity index (χ2v) is 5.01. The molecule has 0 spiro atoms. The van der Waals surface area contributed by atoms with Gasteiger partial charge in [-0.3, -0.25) is 0 Å². The maximum atomic E-state index is 5.76. The van der Waals surface area contributed by atoms with E-state index in [0.717, 1.165) is 22.6 Å². The van der Waals surface area contributed by atoms with Crippen LogP contribution in [-0.4, -0.2) is 9.97 Å². The van der Waals surface area contributed by atoms with Crippen LogP contribution in [0.4, 0.5) is 5.82 Å². The molecule has 22 heavy (non-hydrogen) atoms. The summed E-state index contributed by atoms with van der Waals surface area (Å²) in [6.07, 6.45) is 1.62. The quantitative estimate of drug-likeness (QED) is 0.797. The Balaban J connectivity index is 1.82. The number of rotatable bonds is 4. The monoisotopic (exact) mass is 295 g/mol. The van der Waals surface area contributed by atoms with Crippen LogP contribution in [0.2, 0.25) is 0 Å². The molecule has 5 heteroatoms. The molecule has 0 amide bonds. The molecule has 2 N–H and O–H groups in total. The number of ether oxygens (including phenoxy) is 1. The van der Waals surface area contributed by atoms with Gasteiger partial charge in [-0.15, -0.1) is 0 Å². The summed E-state index contributed by atoms with van der Waals surface area (Å²) >= 11 is 0. The largest absolute Gasteiger partial charge is 0.483 e. The maximum Gasteiger partial charge on any atom is 0.226 e. The lowest BCUT2D eigenvalue weighted by Gasteiger charge is -2.05. The van der Waals surface area contributed by atoms with E-state index in [0.29, 0.717) is 17.5 Å². The molecule has 112 valence electrons. The Hall–Kier alpha value is -2.82. The van der Waals surface area contributed by atoms with Crippen LogP contribution < -0.4 is 10.5 Å². The van der Waals surface area contributed by atoms with Crippen LogP contribution in [0, 0.1) is 13.8 Å². The van der Waals surface area contributed by atoms with Crippen LogP contribution in [0.25, 0.3) is 11.5 Å². The first kappa shape index (κ1) is 14.1. The number of aromatic nitrogens is 2.